The number of methoxy groups -OCH3 is 1. The maximum absolute atomic E-state index is 5.87. The fourth-order valence-electron chi connectivity index (χ4n) is 1.90. The van der Waals surface area contributed by atoms with Gasteiger partial charge in [0.25, 0.3) is 0 Å². The SMILES string of the molecule is COc1cc(C(C)N)ccc1OCc1ncccc1C. The van der Waals surface area contributed by atoms with Crippen molar-refractivity contribution in [1.29, 1.82) is 0 Å². The van der Waals surface area contributed by atoms with E-state index in [1.807, 2.05) is 44.2 Å². The van der Waals surface area contributed by atoms with Gasteiger partial charge in [-0.05, 0) is 43.2 Å². The monoisotopic (exact) mass is 272 g/mol. The summed E-state index contributed by atoms with van der Waals surface area (Å²) >= 11 is 0. The van der Waals surface area contributed by atoms with E-state index < -0.39 is 0 Å². The molecule has 1 unspecified atom stereocenters. The molecule has 0 bridgehead atoms. The first-order valence-corrected chi connectivity index (χ1v) is 6.58. The first-order chi connectivity index (χ1) is 9.61. The molecule has 1 heterocycles. The van der Waals surface area contributed by atoms with E-state index in [4.69, 9.17) is 15.2 Å². The number of aryl methyl sites for hydroxylation is 1. The van der Waals surface area contributed by atoms with Crippen LogP contribution in [0.25, 0.3) is 0 Å². The van der Waals surface area contributed by atoms with Crippen molar-refractivity contribution in [1.82, 2.24) is 4.98 Å². The fourth-order valence-corrected chi connectivity index (χ4v) is 1.90. The first kappa shape index (κ1) is 14.3. The van der Waals surface area contributed by atoms with E-state index in [0.717, 1.165) is 16.8 Å². The summed E-state index contributed by atoms with van der Waals surface area (Å²) in [6, 6.07) is 9.64. The molecule has 2 rings (SSSR count). The molecule has 0 saturated carbocycles. The van der Waals surface area contributed by atoms with Gasteiger partial charge in [-0.2, -0.15) is 0 Å². The fraction of sp³-hybridized carbons (Fsp3) is 0.312. The normalized spacial score (nSPS) is 12.0. The Hall–Kier alpha value is -2.07. The summed E-state index contributed by atoms with van der Waals surface area (Å²) in [6.45, 7) is 4.37. The van der Waals surface area contributed by atoms with Gasteiger partial charge in [-0.25, -0.2) is 0 Å². The second-order valence-corrected chi connectivity index (χ2v) is 4.75. The number of ether oxygens (including phenoxy) is 2. The van der Waals surface area contributed by atoms with Crippen molar-refractivity contribution in [3.63, 3.8) is 0 Å². The van der Waals surface area contributed by atoms with Crippen molar-refractivity contribution in [3.8, 4) is 11.5 Å². The largest absolute Gasteiger partial charge is 0.493 e. The van der Waals surface area contributed by atoms with Crippen LogP contribution in [0.4, 0.5) is 0 Å². The molecule has 2 N–H and O–H groups in total. The highest BCUT2D eigenvalue weighted by atomic mass is 16.5. The molecule has 4 nitrogen and oxygen atoms in total. The smallest absolute Gasteiger partial charge is 0.161 e. The average molecular weight is 272 g/mol. The van der Waals surface area contributed by atoms with E-state index in [2.05, 4.69) is 4.98 Å². The van der Waals surface area contributed by atoms with Gasteiger partial charge in [0, 0.05) is 12.2 Å². The summed E-state index contributed by atoms with van der Waals surface area (Å²) < 4.78 is 11.2. The molecule has 2 aromatic rings. The number of rotatable bonds is 5. The summed E-state index contributed by atoms with van der Waals surface area (Å²) in [5, 5.41) is 0. The summed E-state index contributed by atoms with van der Waals surface area (Å²) in [6.07, 6.45) is 1.77. The molecular formula is C16H20N2O2. The quantitative estimate of drug-likeness (QED) is 0.909. The number of pyridine rings is 1. The van der Waals surface area contributed by atoms with Crippen molar-refractivity contribution >= 4 is 0 Å². The Morgan fingerprint density at radius 2 is 2.05 bits per heavy atom. The number of nitrogens with zero attached hydrogens (tertiary/aromatic N) is 1. The van der Waals surface area contributed by atoms with E-state index in [-0.39, 0.29) is 6.04 Å². The number of hydrogen-bond donors (Lipinski definition) is 1. The Balaban J connectivity index is 2.15. The number of hydrogen-bond acceptors (Lipinski definition) is 4. The molecular weight excluding hydrogens is 252 g/mol. The molecule has 4 heteroatoms. The molecule has 1 atom stereocenters. The second-order valence-electron chi connectivity index (χ2n) is 4.75. The molecule has 106 valence electrons. The zero-order valence-corrected chi connectivity index (χ0v) is 12.1. The minimum atomic E-state index is -0.0315. The zero-order chi connectivity index (χ0) is 14.5. The van der Waals surface area contributed by atoms with Crippen molar-refractivity contribution < 1.29 is 9.47 Å². The third kappa shape index (κ3) is 3.27. The van der Waals surface area contributed by atoms with Gasteiger partial charge in [-0.15, -0.1) is 0 Å². The van der Waals surface area contributed by atoms with Gasteiger partial charge in [0.2, 0.25) is 0 Å². The van der Waals surface area contributed by atoms with Crippen molar-refractivity contribution in [2.75, 3.05) is 7.11 Å². The van der Waals surface area contributed by atoms with Crippen molar-refractivity contribution in [3.05, 3.63) is 53.3 Å². The molecule has 1 aromatic heterocycles. The summed E-state index contributed by atoms with van der Waals surface area (Å²) in [5.41, 5.74) is 8.91. The molecule has 0 fully saturated rings. The molecule has 0 radical (unpaired) electrons. The predicted octanol–water partition coefficient (Wildman–Crippen LogP) is 3.00. The Bertz CT molecular complexity index is 582. The van der Waals surface area contributed by atoms with Gasteiger partial charge in [0.1, 0.15) is 6.61 Å². The third-order valence-corrected chi connectivity index (χ3v) is 3.20. The minimum Gasteiger partial charge on any atom is -0.493 e. The van der Waals surface area contributed by atoms with Crippen LogP contribution >= 0.6 is 0 Å². The van der Waals surface area contributed by atoms with Crippen LogP contribution in [0, 0.1) is 6.92 Å². The molecule has 0 spiro atoms. The van der Waals surface area contributed by atoms with E-state index in [0.29, 0.717) is 18.1 Å². The number of aromatic nitrogens is 1. The van der Waals surface area contributed by atoms with Crippen LogP contribution < -0.4 is 15.2 Å². The molecule has 0 aliphatic carbocycles. The van der Waals surface area contributed by atoms with E-state index in [1.54, 1.807) is 13.3 Å². The predicted molar refractivity (Wildman–Crippen MR) is 78.9 cm³/mol. The lowest BCUT2D eigenvalue weighted by Crippen LogP contribution is -2.06. The maximum Gasteiger partial charge on any atom is 0.161 e. The molecule has 0 amide bonds. The lowest BCUT2D eigenvalue weighted by atomic mass is 10.1. The first-order valence-electron chi connectivity index (χ1n) is 6.58. The maximum atomic E-state index is 5.87. The summed E-state index contributed by atoms with van der Waals surface area (Å²) in [7, 11) is 1.62. The van der Waals surface area contributed by atoms with Gasteiger partial charge in [0.05, 0.1) is 12.8 Å². The lowest BCUT2D eigenvalue weighted by Gasteiger charge is -2.14. The summed E-state index contributed by atoms with van der Waals surface area (Å²) in [4.78, 5) is 4.31. The van der Waals surface area contributed by atoms with Gasteiger partial charge < -0.3 is 15.2 Å². The van der Waals surface area contributed by atoms with E-state index in [1.165, 1.54) is 0 Å². The highest BCUT2D eigenvalue weighted by Crippen LogP contribution is 2.30. The van der Waals surface area contributed by atoms with Crippen LogP contribution in [0.3, 0.4) is 0 Å². The molecule has 0 aliphatic heterocycles. The summed E-state index contributed by atoms with van der Waals surface area (Å²) in [5.74, 6) is 1.38. The Morgan fingerprint density at radius 1 is 1.25 bits per heavy atom. The van der Waals surface area contributed by atoms with E-state index in [9.17, 15) is 0 Å². The highest BCUT2D eigenvalue weighted by molar-refractivity contribution is 5.43. The van der Waals surface area contributed by atoms with Gasteiger partial charge >= 0.3 is 0 Å². The third-order valence-electron chi connectivity index (χ3n) is 3.20. The van der Waals surface area contributed by atoms with Crippen molar-refractivity contribution in [2.24, 2.45) is 5.73 Å². The zero-order valence-electron chi connectivity index (χ0n) is 12.1. The van der Waals surface area contributed by atoms with Crippen LogP contribution in [0.5, 0.6) is 11.5 Å². The number of nitrogens with two attached hydrogens (primary N) is 1. The minimum absolute atomic E-state index is 0.0315. The Labute approximate surface area is 119 Å². The van der Waals surface area contributed by atoms with Crippen LogP contribution in [-0.2, 0) is 6.61 Å². The standard InChI is InChI=1S/C16H20N2O2/c1-11-5-4-8-18-14(11)10-20-15-7-6-13(12(2)17)9-16(15)19-3/h4-9,12H,10,17H2,1-3H3. The second kappa shape index (κ2) is 6.39. The molecule has 0 aliphatic rings. The van der Waals surface area contributed by atoms with E-state index >= 15 is 0 Å². The lowest BCUT2D eigenvalue weighted by molar-refractivity contribution is 0.279. The van der Waals surface area contributed by atoms with Gasteiger partial charge in [-0.3, -0.25) is 4.98 Å². The molecule has 20 heavy (non-hydrogen) atoms. The highest BCUT2D eigenvalue weighted by Gasteiger charge is 2.09. The molecule has 0 saturated heterocycles. The Morgan fingerprint density at radius 3 is 2.70 bits per heavy atom. The Kier molecular flexibility index (Phi) is 4.58. The average Bonchev–Trinajstić information content (AvgIpc) is 2.46. The molecule has 1 aromatic carbocycles. The topological polar surface area (TPSA) is 57.4 Å². The van der Waals surface area contributed by atoms with Crippen molar-refractivity contribution in [2.45, 2.75) is 26.5 Å². The van der Waals surface area contributed by atoms with Crippen LogP contribution in [0.1, 0.15) is 29.8 Å². The van der Waals surface area contributed by atoms with Crippen LogP contribution in [-0.4, -0.2) is 12.1 Å². The van der Waals surface area contributed by atoms with Gasteiger partial charge in [0.15, 0.2) is 11.5 Å². The van der Waals surface area contributed by atoms with Gasteiger partial charge in [-0.1, -0.05) is 12.1 Å². The van der Waals surface area contributed by atoms with Crippen LogP contribution in [0.2, 0.25) is 0 Å². The van der Waals surface area contributed by atoms with Crippen LogP contribution in [0.15, 0.2) is 36.5 Å². The number of benzene rings is 1.